The molecule has 0 aliphatic carbocycles. The number of sulfonamides is 1. The van der Waals surface area contributed by atoms with Gasteiger partial charge in [0.15, 0.2) is 5.11 Å². The lowest BCUT2D eigenvalue weighted by Crippen LogP contribution is -2.52. The number of nitrogens with zero attached hydrogens (tertiary/aromatic N) is 5. The lowest BCUT2D eigenvalue weighted by atomic mass is 10.0. The quantitative estimate of drug-likeness (QED) is 0.500. The molecule has 2 aliphatic rings. The van der Waals surface area contributed by atoms with Crippen molar-refractivity contribution < 1.29 is 26.4 Å². The third kappa shape index (κ3) is 5.45. The van der Waals surface area contributed by atoms with Crippen molar-refractivity contribution in [3.8, 4) is 6.07 Å². The van der Waals surface area contributed by atoms with Gasteiger partial charge < -0.3 is 4.90 Å². The van der Waals surface area contributed by atoms with Crippen LogP contribution >= 0.6 is 12.2 Å². The van der Waals surface area contributed by atoms with E-state index < -0.39 is 38.8 Å². The van der Waals surface area contributed by atoms with Gasteiger partial charge in [-0.25, -0.2) is 8.42 Å². The Labute approximate surface area is 208 Å². The lowest BCUT2D eigenvalue weighted by Gasteiger charge is -2.36. The fraction of sp³-hybridized carbons (Fsp3) is 0.591. The number of carbonyl (C=O) groups is 1. The summed E-state index contributed by atoms with van der Waals surface area (Å²) in [6.45, 7) is 7.82. The largest absolute Gasteiger partial charge is 0.417 e. The Balaban J connectivity index is 1.73. The minimum absolute atomic E-state index is 0.0448. The molecule has 0 aromatic heterocycles. The summed E-state index contributed by atoms with van der Waals surface area (Å²) in [5, 5.41) is 9.13. The van der Waals surface area contributed by atoms with Gasteiger partial charge in [-0.05, 0) is 50.7 Å². The molecule has 192 valence electrons. The Bertz CT molecular complexity index is 1140. The first-order valence-corrected chi connectivity index (χ1v) is 13.2. The van der Waals surface area contributed by atoms with Crippen molar-refractivity contribution in [2.45, 2.75) is 38.9 Å². The summed E-state index contributed by atoms with van der Waals surface area (Å²) in [4.78, 5) is 18.0. The van der Waals surface area contributed by atoms with Gasteiger partial charge in [-0.1, -0.05) is 6.92 Å². The highest BCUT2D eigenvalue weighted by Gasteiger charge is 2.49. The summed E-state index contributed by atoms with van der Waals surface area (Å²) in [5.74, 6) is -0.345. The lowest BCUT2D eigenvalue weighted by molar-refractivity contribution is -0.137. The number of amides is 1. The van der Waals surface area contributed by atoms with E-state index in [0.29, 0.717) is 45.7 Å². The van der Waals surface area contributed by atoms with E-state index in [1.165, 1.54) is 16.4 Å². The second kappa shape index (κ2) is 10.0. The third-order valence-corrected chi connectivity index (χ3v) is 8.82. The molecule has 2 saturated heterocycles. The van der Waals surface area contributed by atoms with Crippen LogP contribution in [0.2, 0.25) is 0 Å². The van der Waals surface area contributed by atoms with Gasteiger partial charge in [0.1, 0.15) is 5.54 Å². The van der Waals surface area contributed by atoms with Crippen LogP contribution in [0.1, 0.15) is 38.3 Å². The van der Waals surface area contributed by atoms with Crippen molar-refractivity contribution in [3.05, 3.63) is 29.3 Å². The fourth-order valence-electron chi connectivity index (χ4n) is 4.30. The molecule has 8 nitrogen and oxygen atoms in total. The predicted molar refractivity (Wildman–Crippen MR) is 129 cm³/mol. The molecule has 0 spiro atoms. The van der Waals surface area contributed by atoms with Crippen molar-refractivity contribution >= 4 is 38.9 Å². The summed E-state index contributed by atoms with van der Waals surface area (Å²) in [5.41, 5.74) is -2.79. The number of anilines is 1. The zero-order valence-electron chi connectivity index (χ0n) is 19.8. The molecular weight excluding hydrogens is 503 g/mol. The first kappa shape index (κ1) is 27.3. The van der Waals surface area contributed by atoms with Crippen molar-refractivity contribution in [2.75, 3.05) is 49.9 Å². The van der Waals surface area contributed by atoms with Crippen LogP contribution in [0.15, 0.2) is 18.2 Å². The SMILES string of the molecule is CCCS(=O)(=O)N1CCN(CCN2C(=S)N(c3ccc(C#N)c(C(F)(F)F)c3)C(=O)C2(C)C)CC1. The van der Waals surface area contributed by atoms with E-state index >= 15 is 0 Å². The smallest absolute Gasteiger partial charge is 0.333 e. The minimum Gasteiger partial charge on any atom is -0.333 e. The van der Waals surface area contributed by atoms with Crippen LogP contribution < -0.4 is 4.90 Å². The number of hydrogen-bond acceptors (Lipinski definition) is 6. The second-order valence-corrected chi connectivity index (χ2v) is 11.5. The monoisotopic (exact) mass is 531 g/mol. The Kier molecular flexibility index (Phi) is 7.81. The van der Waals surface area contributed by atoms with Crippen molar-refractivity contribution in [1.82, 2.24) is 14.1 Å². The number of hydrogen-bond donors (Lipinski definition) is 0. The molecule has 0 saturated carbocycles. The highest BCUT2D eigenvalue weighted by atomic mass is 32.2. The molecule has 0 N–H and O–H groups in total. The van der Waals surface area contributed by atoms with Crippen molar-refractivity contribution in [2.24, 2.45) is 0 Å². The molecule has 2 heterocycles. The molecule has 0 unspecified atom stereocenters. The van der Waals surface area contributed by atoms with E-state index in [-0.39, 0.29) is 16.6 Å². The molecule has 3 rings (SSSR count). The molecule has 0 bridgehead atoms. The highest BCUT2D eigenvalue weighted by Crippen LogP contribution is 2.37. The number of piperazine rings is 1. The molecule has 0 atom stereocenters. The average Bonchev–Trinajstić information content (AvgIpc) is 2.95. The van der Waals surface area contributed by atoms with E-state index in [0.717, 1.165) is 17.0 Å². The van der Waals surface area contributed by atoms with Gasteiger partial charge in [0.2, 0.25) is 10.0 Å². The zero-order valence-corrected chi connectivity index (χ0v) is 21.4. The number of carbonyl (C=O) groups excluding carboxylic acids is 1. The average molecular weight is 532 g/mol. The van der Waals surface area contributed by atoms with Crippen LogP contribution in [0.5, 0.6) is 0 Å². The molecule has 1 amide bonds. The van der Waals surface area contributed by atoms with E-state index in [2.05, 4.69) is 4.90 Å². The standard InChI is InChI=1S/C22H28F3N5O3S2/c1-4-13-35(32,33)28-10-7-27(8-11-28)9-12-29-20(34)30(19(31)21(29,2)3)17-6-5-16(15-26)18(14-17)22(23,24)25/h5-6,14H,4,7-13H2,1-3H3. The van der Waals surface area contributed by atoms with Crippen LogP contribution in [0.4, 0.5) is 18.9 Å². The molecule has 35 heavy (non-hydrogen) atoms. The summed E-state index contributed by atoms with van der Waals surface area (Å²) in [7, 11) is -3.26. The molecule has 2 aliphatic heterocycles. The van der Waals surface area contributed by atoms with Crippen LogP contribution in [0.25, 0.3) is 0 Å². The van der Waals surface area contributed by atoms with Crippen LogP contribution in [0.3, 0.4) is 0 Å². The summed E-state index contributed by atoms with van der Waals surface area (Å²) in [6.07, 6.45) is -4.20. The van der Waals surface area contributed by atoms with Crippen LogP contribution in [-0.2, 0) is 21.0 Å². The number of thiocarbonyl (C=S) groups is 1. The van der Waals surface area contributed by atoms with E-state index in [4.69, 9.17) is 17.5 Å². The number of benzene rings is 1. The summed E-state index contributed by atoms with van der Waals surface area (Å²) in [6, 6.07) is 4.63. The maximum atomic E-state index is 13.5. The molecule has 1 aromatic rings. The van der Waals surface area contributed by atoms with Crippen molar-refractivity contribution in [3.63, 3.8) is 0 Å². The van der Waals surface area contributed by atoms with E-state index in [1.54, 1.807) is 18.7 Å². The molecule has 0 radical (unpaired) electrons. The van der Waals surface area contributed by atoms with Gasteiger partial charge in [0.05, 0.1) is 28.6 Å². The van der Waals surface area contributed by atoms with Crippen molar-refractivity contribution in [1.29, 1.82) is 5.26 Å². The Morgan fingerprint density at radius 1 is 1.14 bits per heavy atom. The maximum absolute atomic E-state index is 13.5. The molecule has 13 heteroatoms. The van der Waals surface area contributed by atoms with Gasteiger partial charge in [-0.2, -0.15) is 22.7 Å². The zero-order chi connectivity index (χ0) is 26.2. The maximum Gasteiger partial charge on any atom is 0.417 e. The Morgan fingerprint density at radius 2 is 1.77 bits per heavy atom. The first-order chi connectivity index (χ1) is 16.2. The Morgan fingerprint density at radius 3 is 2.31 bits per heavy atom. The van der Waals surface area contributed by atoms with Gasteiger partial charge in [-0.3, -0.25) is 14.6 Å². The third-order valence-electron chi connectivity index (χ3n) is 6.34. The minimum atomic E-state index is -4.76. The number of rotatable bonds is 7. The van der Waals surface area contributed by atoms with Gasteiger partial charge >= 0.3 is 6.18 Å². The molecule has 2 fully saturated rings. The molecular formula is C22H28F3N5O3S2. The summed E-state index contributed by atoms with van der Waals surface area (Å²) >= 11 is 5.51. The van der Waals surface area contributed by atoms with E-state index in [1.807, 2.05) is 6.92 Å². The van der Waals surface area contributed by atoms with Gasteiger partial charge in [0, 0.05) is 39.3 Å². The van der Waals surface area contributed by atoms with E-state index in [9.17, 15) is 26.4 Å². The Hall–Kier alpha value is -2.27. The second-order valence-electron chi connectivity index (χ2n) is 9.03. The highest BCUT2D eigenvalue weighted by molar-refractivity contribution is 7.89. The number of nitriles is 1. The van der Waals surface area contributed by atoms with Gasteiger partial charge in [0.25, 0.3) is 5.91 Å². The number of halogens is 3. The first-order valence-electron chi connectivity index (χ1n) is 11.2. The van der Waals surface area contributed by atoms with Crippen LogP contribution in [-0.4, -0.2) is 84.1 Å². The number of alkyl halides is 3. The van der Waals surface area contributed by atoms with Crippen LogP contribution in [0, 0.1) is 11.3 Å². The topological polar surface area (TPSA) is 88.0 Å². The summed E-state index contributed by atoms with van der Waals surface area (Å²) < 4.78 is 66.4. The predicted octanol–water partition coefficient (Wildman–Crippen LogP) is 2.65. The fourth-order valence-corrected chi connectivity index (χ4v) is 6.30. The normalized spacial score (nSPS) is 19.9. The van der Waals surface area contributed by atoms with Gasteiger partial charge in [-0.15, -0.1) is 0 Å². The molecule has 1 aromatic carbocycles.